The third-order valence-electron chi connectivity index (χ3n) is 13.0. The molecule has 66 heavy (non-hydrogen) atoms. The topological polar surface area (TPSA) is 195 Å². The molecule has 0 radical (unpaired) electrons. The number of β-amino-alcohol motifs (C(OH)–C–C–N with tert-alkyl or cyclic N) is 2. The van der Waals surface area contributed by atoms with Gasteiger partial charge in [0.25, 0.3) is 0 Å². The number of benzene rings is 3. The first kappa shape index (κ1) is 49.6. The third kappa shape index (κ3) is 11.4. The van der Waals surface area contributed by atoms with Crippen molar-refractivity contribution in [3.05, 3.63) is 101 Å². The summed E-state index contributed by atoms with van der Waals surface area (Å²) in [6.07, 6.45) is -1.57. The number of aliphatic hydroxyl groups excluding tert-OH is 2. The Morgan fingerprint density at radius 1 is 0.621 bits per heavy atom. The number of nitrogens with zero attached hydrogens (tertiary/aromatic N) is 3. The third-order valence-corrected chi connectivity index (χ3v) is 13.0. The van der Waals surface area contributed by atoms with Crippen LogP contribution in [-0.4, -0.2) is 119 Å². The van der Waals surface area contributed by atoms with Gasteiger partial charge in [0.1, 0.15) is 17.9 Å². The Balaban J connectivity index is 1.16. The number of likely N-dealkylation sites (tertiary alicyclic amines) is 2. The first-order chi connectivity index (χ1) is 31.1. The van der Waals surface area contributed by atoms with Gasteiger partial charge in [-0.3, -0.25) is 19.2 Å². The van der Waals surface area contributed by atoms with Crippen LogP contribution in [0.1, 0.15) is 102 Å². The Morgan fingerprint density at radius 2 is 0.985 bits per heavy atom. The van der Waals surface area contributed by atoms with Crippen LogP contribution in [0.2, 0.25) is 0 Å². The molecule has 15 nitrogen and oxygen atoms in total. The summed E-state index contributed by atoms with van der Waals surface area (Å²) in [6.45, 7) is 10.7. The van der Waals surface area contributed by atoms with E-state index in [0.717, 1.165) is 40.8 Å². The van der Waals surface area contributed by atoms with Crippen molar-refractivity contribution >= 4 is 41.3 Å². The van der Waals surface area contributed by atoms with Crippen molar-refractivity contribution in [1.82, 2.24) is 20.4 Å². The molecule has 356 valence electrons. The van der Waals surface area contributed by atoms with Gasteiger partial charge in [-0.1, -0.05) is 90.1 Å². The molecular formula is C50H64FN5O10. The highest BCUT2D eigenvalue weighted by atomic mass is 19.1. The number of hydrogen-bond donors (Lipinski definition) is 4. The molecule has 4 amide bonds. The highest BCUT2D eigenvalue weighted by Crippen LogP contribution is 2.47. The van der Waals surface area contributed by atoms with Crippen LogP contribution in [0, 0.1) is 16.6 Å². The number of alkyl carbamates (subject to hydrolysis) is 2. The molecule has 0 bridgehead atoms. The maximum Gasteiger partial charge on any atom is 0.407 e. The van der Waals surface area contributed by atoms with E-state index in [2.05, 4.69) is 15.5 Å². The monoisotopic (exact) mass is 913 g/mol. The molecule has 0 saturated carbocycles. The van der Waals surface area contributed by atoms with Gasteiger partial charge in [0.15, 0.2) is 11.6 Å². The number of hydrogen-bond acceptors (Lipinski definition) is 11. The van der Waals surface area contributed by atoms with Crippen LogP contribution in [0.5, 0.6) is 0 Å². The molecule has 3 saturated heterocycles. The standard InChI is InChI=1S/C50H64FN5O10/c1-49(2,3)43(52-47(63)65-7)45(61)54-27-35(57)25-39(54)41(59)23-29-9-13-31(14-10-29)37-21-22-38(56(37)34-19-17-33(51)18-20-34)32-15-11-30(12-16-32)24-42(60)40-26-36(58)28-55(40)46(62)44(50(4,5)6)53-48(64)66-8/h9-20,35-40,43-44,57-58H,21-28H2,1-8H3,(H,52,63)(H,53,64)/t35-,36-,37+,38+,39-,40-,43+,44+/m0/s1. The van der Waals surface area contributed by atoms with Crippen LogP contribution in [-0.2, 0) is 41.5 Å². The summed E-state index contributed by atoms with van der Waals surface area (Å²) in [7, 11) is 2.42. The van der Waals surface area contributed by atoms with Crippen LogP contribution in [0.3, 0.4) is 0 Å². The van der Waals surface area contributed by atoms with E-state index in [1.165, 1.54) is 36.2 Å². The van der Waals surface area contributed by atoms with Crippen molar-refractivity contribution in [3.8, 4) is 0 Å². The maximum absolute atomic E-state index is 14.2. The molecule has 8 atom stereocenters. The second-order valence-corrected chi connectivity index (χ2v) is 19.9. The second kappa shape index (κ2) is 20.3. The summed E-state index contributed by atoms with van der Waals surface area (Å²) < 4.78 is 23.7. The van der Waals surface area contributed by atoms with Gasteiger partial charge in [-0.2, -0.15) is 0 Å². The molecule has 6 rings (SSSR count). The summed E-state index contributed by atoms with van der Waals surface area (Å²) in [5.74, 6) is -1.76. The van der Waals surface area contributed by atoms with Crippen molar-refractivity contribution in [3.63, 3.8) is 0 Å². The van der Waals surface area contributed by atoms with E-state index in [1.54, 1.807) is 53.7 Å². The molecule has 16 heteroatoms. The molecule has 0 spiro atoms. The average Bonchev–Trinajstić information content (AvgIpc) is 4.01. The van der Waals surface area contributed by atoms with Gasteiger partial charge in [-0.05, 0) is 70.2 Å². The van der Waals surface area contributed by atoms with E-state index >= 15 is 0 Å². The minimum absolute atomic E-state index is 0.0234. The van der Waals surface area contributed by atoms with E-state index in [9.17, 15) is 43.4 Å². The van der Waals surface area contributed by atoms with Gasteiger partial charge in [0, 0.05) is 44.5 Å². The van der Waals surface area contributed by atoms with Gasteiger partial charge < -0.3 is 45.0 Å². The summed E-state index contributed by atoms with van der Waals surface area (Å²) in [4.78, 5) is 84.5. The highest BCUT2D eigenvalue weighted by Gasteiger charge is 2.46. The van der Waals surface area contributed by atoms with Crippen LogP contribution in [0.15, 0.2) is 72.8 Å². The molecule has 3 aliphatic rings. The maximum atomic E-state index is 14.2. The summed E-state index contributed by atoms with van der Waals surface area (Å²) in [6, 6.07) is 17.9. The SMILES string of the molecule is COC(=O)N[C@H](C(=O)N1C[C@@H](O)C[C@H]1C(=O)Cc1ccc([C@H]2CC[C@H](c3ccc(CC(=O)[C@@H]4C[C@H](O)CN4C(=O)[C@@H](NC(=O)OC)C(C)(C)C)cc3)N2c2ccc(F)cc2)cc1)C(C)(C)C. The second-order valence-electron chi connectivity index (χ2n) is 19.9. The number of aliphatic hydroxyl groups is 2. The zero-order valence-electron chi connectivity index (χ0n) is 39.1. The van der Waals surface area contributed by atoms with Gasteiger partial charge >= 0.3 is 12.2 Å². The van der Waals surface area contributed by atoms with Gasteiger partial charge in [0.2, 0.25) is 11.8 Å². The zero-order valence-corrected chi connectivity index (χ0v) is 39.1. The van der Waals surface area contributed by atoms with E-state index in [1.807, 2.05) is 48.5 Å². The lowest BCUT2D eigenvalue weighted by atomic mass is 9.85. The number of carbonyl (C=O) groups excluding carboxylic acids is 6. The first-order valence-corrected chi connectivity index (χ1v) is 22.5. The number of rotatable bonds is 13. The lowest BCUT2D eigenvalue weighted by molar-refractivity contribution is -0.141. The smallest absolute Gasteiger partial charge is 0.407 e. The molecule has 3 heterocycles. The number of ketones is 2. The number of halogens is 1. The Labute approximate surface area is 386 Å². The number of nitrogens with one attached hydrogen (secondary N) is 2. The number of carbonyl (C=O) groups is 6. The van der Waals surface area contributed by atoms with Gasteiger partial charge in [-0.25, -0.2) is 14.0 Å². The minimum Gasteiger partial charge on any atom is -0.453 e. The van der Waals surface area contributed by atoms with Gasteiger partial charge in [0.05, 0.1) is 50.6 Å². The zero-order chi connectivity index (χ0) is 48.2. The van der Waals surface area contributed by atoms with Crippen molar-refractivity contribution in [1.29, 1.82) is 0 Å². The summed E-state index contributed by atoms with van der Waals surface area (Å²) >= 11 is 0. The van der Waals surface area contributed by atoms with E-state index < -0.39 is 71.2 Å². The lowest BCUT2D eigenvalue weighted by Crippen LogP contribution is -2.56. The van der Waals surface area contributed by atoms with Crippen LogP contribution >= 0.6 is 0 Å². The van der Waals surface area contributed by atoms with E-state index in [-0.39, 0.29) is 68.2 Å². The Bertz CT molecular complexity index is 2110. The van der Waals surface area contributed by atoms with Crippen molar-refractivity contribution in [2.45, 2.75) is 129 Å². The Kier molecular flexibility index (Phi) is 15.3. The number of Topliss-reactive ketones (excluding diaryl/α,β-unsaturated/α-hetero) is 2. The number of methoxy groups -OCH3 is 2. The first-order valence-electron chi connectivity index (χ1n) is 22.5. The fourth-order valence-corrected chi connectivity index (χ4v) is 9.50. The fraction of sp³-hybridized carbons (Fsp3) is 0.520. The summed E-state index contributed by atoms with van der Waals surface area (Å²) in [5, 5.41) is 26.4. The molecule has 3 fully saturated rings. The Morgan fingerprint density at radius 3 is 1.32 bits per heavy atom. The predicted molar refractivity (Wildman–Crippen MR) is 244 cm³/mol. The molecule has 3 aromatic rings. The number of amides is 4. The molecule has 0 aliphatic carbocycles. The summed E-state index contributed by atoms with van der Waals surface area (Å²) in [5.41, 5.74) is 2.86. The highest BCUT2D eigenvalue weighted by molar-refractivity contribution is 5.95. The Hall–Kier alpha value is -5.87. The molecule has 0 aromatic heterocycles. The fourth-order valence-electron chi connectivity index (χ4n) is 9.50. The average molecular weight is 914 g/mol. The minimum atomic E-state index is -0.986. The van der Waals surface area contributed by atoms with Gasteiger partial charge in [-0.15, -0.1) is 0 Å². The largest absolute Gasteiger partial charge is 0.453 e. The number of anilines is 1. The quantitative estimate of drug-likeness (QED) is 0.167. The lowest BCUT2D eigenvalue weighted by Gasteiger charge is -2.35. The molecular weight excluding hydrogens is 850 g/mol. The van der Waals surface area contributed by atoms with Crippen molar-refractivity contribution in [2.75, 3.05) is 32.2 Å². The van der Waals surface area contributed by atoms with Crippen LogP contribution in [0.25, 0.3) is 0 Å². The number of ether oxygens (including phenoxy) is 2. The van der Waals surface area contributed by atoms with Crippen molar-refractivity contribution in [2.24, 2.45) is 10.8 Å². The predicted octanol–water partition coefficient (Wildman–Crippen LogP) is 5.60. The molecule has 0 unspecified atom stereocenters. The van der Waals surface area contributed by atoms with Crippen LogP contribution in [0.4, 0.5) is 19.7 Å². The normalized spacial score (nSPS) is 23.0. The van der Waals surface area contributed by atoms with E-state index in [4.69, 9.17) is 9.47 Å². The van der Waals surface area contributed by atoms with E-state index in [0.29, 0.717) is 0 Å². The van der Waals surface area contributed by atoms with Crippen molar-refractivity contribution < 1.29 is 52.8 Å². The molecule has 4 N–H and O–H groups in total. The molecule has 3 aliphatic heterocycles. The molecule has 3 aromatic carbocycles. The van der Waals surface area contributed by atoms with Crippen LogP contribution < -0.4 is 15.5 Å².